The van der Waals surface area contributed by atoms with Gasteiger partial charge in [-0.05, 0) is 60.1 Å². The molecule has 0 aliphatic heterocycles. The van der Waals surface area contributed by atoms with Crippen molar-refractivity contribution >= 4 is 33.4 Å². The van der Waals surface area contributed by atoms with Crippen molar-refractivity contribution in [1.82, 2.24) is 5.32 Å². The molecule has 0 aliphatic carbocycles. The number of ether oxygens (including phenoxy) is 2. The molecule has 128 valence electrons. The predicted molar refractivity (Wildman–Crippen MR) is 98.9 cm³/mol. The maximum absolute atomic E-state index is 11.9. The lowest BCUT2D eigenvalue weighted by molar-refractivity contribution is -0.123. The highest BCUT2D eigenvalue weighted by Gasteiger charge is 2.10. The lowest BCUT2D eigenvalue weighted by atomic mass is 10.2. The average molecular weight is 413 g/mol. The molecule has 2 rings (SSSR count). The number of carbonyl (C=O) groups is 1. The Morgan fingerprint density at radius 1 is 1.21 bits per heavy atom. The fourth-order valence-electron chi connectivity index (χ4n) is 1.95. The Kier molecular flexibility index (Phi) is 6.94. The van der Waals surface area contributed by atoms with Gasteiger partial charge in [-0.1, -0.05) is 29.3 Å². The third-order valence-electron chi connectivity index (χ3n) is 3.18. The van der Waals surface area contributed by atoms with Crippen LogP contribution in [0, 0.1) is 6.92 Å². The molecule has 0 aliphatic rings. The smallest absolute Gasteiger partial charge is 0.258 e. The number of hydrogen-bond acceptors (Lipinski definition) is 3. The van der Waals surface area contributed by atoms with E-state index in [0.29, 0.717) is 21.9 Å². The lowest BCUT2D eigenvalue weighted by Gasteiger charge is -2.15. The van der Waals surface area contributed by atoms with E-state index in [9.17, 15) is 4.79 Å². The molecule has 0 aromatic heterocycles. The van der Waals surface area contributed by atoms with Crippen molar-refractivity contribution in [2.24, 2.45) is 0 Å². The summed E-state index contributed by atoms with van der Waals surface area (Å²) < 4.78 is 11.8. The van der Waals surface area contributed by atoms with Crippen LogP contribution in [0.4, 0.5) is 0 Å². The summed E-state index contributed by atoms with van der Waals surface area (Å²) in [5.41, 5.74) is 1.18. The zero-order valence-corrected chi connectivity index (χ0v) is 15.9. The minimum atomic E-state index is -0.211. The van der Waals surface area contributed by atoms with Crippen LogP contribution in [0.3, 0.4) is 0 Å². The van der Waals surface area contributed by atoms with Crippen molar-refractivity contribution in [1.29, 1.82) is 0 Å². The normalized spacial score (nSPS) is 11.7. The fraction of sp³-hybridized carbons (Fsp3) is 0.278. The molecule has 2 aromatic carbocycles. The van der Waals surface area contributed by atoms with Gasteiger partial charge in [0.05, 0.1) is 10.5 Å². The lowest BCUT2D eigenvalue weighted by Crippen LogP contribution is -2.39. The average Bonchev–Trinajstić information content (AvgIpc) is 2.53. The van der Waals surface area contributed by atoms with Crippen LogP contribution in [0.15, 0.2) is 46.9 Å². The first-order chi connectivity index (χ1) is 11.4. The molecule has 6 heteroatoms. The van der Waals surface area contributed by atoms with Gasteiger partial charge in [0.15, 0.2) is 6.61 Å². The third kappa shape index (κ3) is 6.06. The summed E-state index contributed by atoms with van der Waals surface area (Å²) in [7, 11) is 0. The second-order valence-electron chi connectivity index (χ2n) is 5.46. The Morgan fingerprint density at radius 3 is 2.58 bits per heavy atom. The largest absolute Gasteiger partial charge is 0.491 e. The Balaban J connectivity index is 1.74. The number of rotatable bonds is 7. The summed E-state index contributed by atoms with van der Waals surface area (Å²) in [6, 6.07) is 12.8. The molecule has 0 heterocycles. The van der Waals surface area contributed by atoms with E-state index in [2.05, 4.69) is 21.2 Å². The number of aryl methyl sites for hydroxylation is 1. The highest BCUT2D eigenvalue weighted by Crippen LogP contribution is 2.27. The SMILES string of the molecule is Cc1ccc(OC[C@H](C)NC(=O)COc2ccc(Cl)cc2Br)cc1. The molecule has 0 saturated carbocycles. The quantitative estimate of drug-likeness (QED) is 0.734. The zero-order chi connectivity index (χ0) is 17.5. The van der Waals surface area contributed by atoms with E-state index in [1.165, 1.54) is 5.56 Å². The predicted octanol–water partition coefficient (Wildman–Crippen LogP) is 4.37. The van der Waals surface area contributed by atoms with Gasteiger partial charge in [0.1, 0.15) is 18.1 Å². The van der Waals surface area contributed by atoms with Crippen LogP contribution in [-0.2, 0) is 4.79 Å². The molecule has 1 amide bonds. The number of nitrogens with one attached hydrogen (secondary N) is 1. The summed E-state index contributed by atoms with van der Waals surface area (Å²) in [5, 5.41) is 3.43. The summed E-state index contributed by atoms with van der Waals surface area (Å²) in [5.74, 6) is 1.14. The highest BCUT2D eigenvalue weighted by molar-refractivity contribution is 9.10. The molecular weight excluding hydrogens is 394 g/mol. The minimum absolute atomic E-state index is 0.0743. The van der Waals surface area contributed by atoms with Crippen LogP contribution in [-0.4, -0.2) is 25.2 Å². The number of carbonyl (C=O) groups excluding carboxylic acids is 1. The minimum Gasteiger partial charge on any atom is -0.491 e. The van der Waals surface area contributed by atoms with Crippen molar-refractivity contribution in [2.75, 3.05) is 13.2 Å². The Hall–Kier alpha value is -1.72. The van der Waals surface area contributed by atoms with Gasteiger partial charge in [0.2, 0.25) is 0 Å². The van der Waals surface area contributed by atoms with Gasteiger partial charge in [-0.15, -0.1) is 0 Å². The van der Waals surface area contributed by atoms with Crippen LogP contribution < -0.4 is 14.8 Å². The molecule has 0 bridgehead atoms. The molecule has 2 aromatic rings. The maximum Gasteiger partial charge on any atom is 0.258 e. The van der Waals surface area contributed by atoms with Crippen LogP contribution in [0.1, 0.15) is 12.5 Å². The molecule has 0 spiro atoms. The van der Waals surface area contributed by atoms with Gasteiger partial charge in [0, 0.05) is 5.02 Å². The Labute approximate surface area is 155 Å². The summed E-state index contributed by atoms with van der Waals surface area (Å²) in [6.45, 7) is 4.21. The van der Waals surface area contributed by atoms with Crippen molar-refractivity contribution in [2.45, 2.75) is 19.9 Å². The second kappa shape index (κ2) is 8.94. The summed E-state index contributed by atoms with van der Waals surface area (Å²) >= 11 is 9.21. The van der Waals surface area contributed by atoms with E-state index < -0.39 is 0 Å². The molecular formula is C18H19BrClNO3. The van der Waals surface area contributed by atoms with E-state index in [-0.39, 0.29) is 18.6 Å². The number of benzene rings is 2. The first-order valence-electron chi connectivity index (χ1n) is 7.50. The van der Waals surface area contributed by atoms with Gasteiger partial charge >= 0.3 is 0 Å². The van der Waals surface area contributed by atoms with E-state index in [1.807, 2.05) is 38.1 Å². The molecule has 4 nitrogen and oxygen atoms in total. The van der Waals surface area contributed by atoms with Crippen molar-refractivity contribution in [3.63, 3.8) is 0 Å². The highest BCUT2D eigenvalue weighted by atomic mass is 79.9. The molecule has 1 N–H and O–H groups in total. The van der Waals surface area contributed by atoms with Crippen molar-refractivity contribution in [3.05, 3.63) is 57.5 Å². The van der Waals surface area contributed by atoms with E-state index >= 15 is 0 Å². The Bertz CT molecular complexity index is 691. The van der Waals surface area contributed by atoms with Crippen molar-refractivity contribution < 1.29 is 14.3 Å². The zero-order valence-electron chi connectivity index (χ0n) is 13.5. The standard InChI is InChI=1S/C18H19BrClNO3/c1-12-3-6-15(7-4-12)23-10-13(2)21-18(22)11-24-17-8-5-14(20)9-16(17)19/h3-9,13H,10-11H2,1-2H3,(H,21,22)/t13-/m0/s1. The molecule has 0 unspecified atom stereocenters. The van der Waals surface area contributed by atoms with E-state index in [4.69, 9.17) is 21.1 Å². The van der Waals surface area contributed by atoms with E-state index in [1.54, 1.807) is 18.2 Å². The van der Waals surface area contributed by atoms with Crippen molar-refractivity contribution in [3.8, 4) is 11.5 Å². The van der Waals surface area contributed by atoms with Gasteiger partial charge in [-0.2, -0.15) is 0 Å². The molecule has 0 fully saturated rings. The summed E-state index contributed by atoms with van der Waals surface area (Å²) in [6.07, 6.45) is 0. The van der Waals surface area contributed by atoms with E-state index in [0.717, 1.165) is 5.75 Å². The molecule has 0 saturated heterocycles. The van der Waals surface area contributed by atoms with Crippen LogP contribution >= 0.6 is 27.5 Å². The molecule has 24 heavy (non-hydrogen) atoms. The number of halogens is 2. The van der Waals surface area contributed by atoms with Gasteiger partial charge < -0.3 is 14.8 Å². The third-order valence-corrected chi connectivity index (χ3v) is 4.04. The first kappa shape index (κ1) is 18.6. The first-order valence-corrected chi connectivity index (χ1v) is 8.68. The van der Waals surface area contributed by atoms with Gasteiger partial charge in [-0.3, -0.25) is 4.79 Å². The summed E-state index contributed by atoms with van der Waals surface area (Å²) in [4.78, 5) is 11.9. The fourth-order valence-corrected chi connectivity index (χ4v) is 2.75. The number of hydrogen-bond donors (Lipinski definition) is 1. The maximum atomic E-state index is 11.9. The number of amides is 1. The molecule has 0 radical (unpaired) electrons. The Morgan fingerprint density at radius 2 is 1.92 bits per heavy atom. The van der Waals surface area contributed by atoms with Gasteiger partial charge in [0.25, 0.3) is 5.91 Å². The topological polar surface area (TPSA) is 47.6 Å². The van der Waals surface area contributed by atoms with Crippen LogP contribution in [0.2, 0.25) is 5.02 Å². The van der Waals surface area contributed by atoms with Crippen LogP contribution in [0.5, 0.6) is 11.5 Å². The second-order valence-corrected chi connectivity index (χ2v) is 6.75. The molecule has 1 atom stereocenters. The van der Waals surface area contributed by atoms with Gasteiger partial charge in [-0.25, -0.2) is 0 Å². The van der Waals surface area contributed by atoms with Crippen LogP contribution in [0.25, 0.3) is 0 Å². The monoisotopic (exact) mass is 411 g/mol.